The van der Waals surface area contributed by atoms with Crippen LogP contribution in [0, 0.1) is 13.8 Å². The van der Waals surface area contributed by atoms with E-state index >= 15 is 0 Å². The third-order valence-corrected chi connectivity index (χ3v) is 3.45. The van der Waals surface area contributed by atoms with Crippen LogP contribution in [0.25, 0.3) is 5.69 Å². The van der Waals surface area contributed by atoms with Crippen LogP contribution in [0.4, 0.5) is 5.95 Å². The van der Waals surface area contributed by atoms with E-state index in [1.54, 1.807) is 0 Å². The molecule has 0 unspecified atom stereocenters. The Kier molecular flexibility index (Phi) is 3.52. The molecule has 2 aromatic rings. The third kappa shape index (κ3) is 2.52. The Morgan fingerprint density at radius 1 is 1.35 bits per heavy atom. The van der Waals surface area contributed by atoms with Gasteiger partial charge in [-0.1, -0.05) is 22.0 Å². The number of nitrogens with zero attached hydrogens (tertiary/aromatic N) is 2. The molecule has 1 aromatic carbocycles. The summed E-state index contributed by atoms with van der Waals surface area (Å²) in [6.07, 6.45) is 2.04. The van der Waals surface area contributed by atoms with Crippen molar-refractivity contribution in [3.8, 4) is 5.69 Å². The molecule has 3 nitrogen and oxygen atoms in total. The van der Waals surface area contributed by atoms with Gasteiger partial charge in [-0.15, -0.1) is 0 Å². The molecule has 1 heterocycles. The predicted octanol–water partition coefficient (Wildman–Crippen LogP) is 3.68. The largest absolute Gasteiger partial charge is 0.356 e. The van der Waals surface area contributed by atoms with E-state index in [4.69, 9.17) is 0 Å². The summed E-state index contributed by atoms with van der Waals surface area (Å²) in [7, 11) is 0. The fourth-order valence-electron chi connectivity index (χ4n) is 1.71. The standard InChI is InChI=1S/C13H16BrN3/c1-4-15-13-16-10(3)8-17(13)11-6-5-9(2)12(14)7-11/h5-8H,4H2,1-3H3,(H,15,16). The number of aryl methyl sites for hydroxylation is 2. The van der Waals surface area contributed by atoms with Crippen molar-refractivity contribution in [3.05, 3.63) is 40.1 Å². The number of benzene rings is 1. The maximum Gasteiger partial charge on any atom is 0.207 e. The zero-order valence-corrected chi connectivity index (χ0v) is 11.9. The molecule has 2 rings (SSSR count). The molecule has 0 aliphatic rings. The van der Waals surface area contributed by atoms with E-state index in [0.717, 1.165) is 28.3 Å². The van der Waals surface area contributed by atoms with Crippen molar-refractivity contribution in [1.29, 1.82) is 0 Å². The zero-order valence-electron chi connectivity index (χ0n) is 10.3. The van der Waals surface area contributed by atoms with Gasteiger partial charge < -0.3 is 5.32 Å². The Bertz CT molecular complexity index is 531. The van der Waals surface area contributed by atoms with Crippen LogP contribution < -0.4 is 5.32 Å². The molecule has 1 aromatic heterocycles. The number of hydrogen-bond donors (Lipinski definition) is 1. The average Bonchev–Trinajstić information content (AvgIpc) is 2.64. The van der Waals surface area contributed by atoms with Crippen molar-refractivity contribution in [2.45, 2.75) is 20.8 Å². The van der Waals surface area contributed by atoms with E-state index in [1.807, 2.05) is 13.1 Å². The predicted molar refractivity (Wildman–Crippen MR) is 74.9 cm³/mol. The number of nitrogens with one attached hydrogen (secondary N) is 1. The van der Waals surface area contributed by atoms with Gasteiger partial charge in [-0.25, -0.2) is 4.98 Å². The van der Waals surface area contributed by atoms with Gasteiger partial charge in [0.1, 0.15) is 0 Å². The summed E-state index contributed by atoms with van der Waals surface area (Å²) in [4.78, 5) is 4.47. The molecule has 0 aliphatic heterocycles. The van der Waals surface area contributed by atoms with Crippen LogP contribution in [0.2, 0.25) is 0 Å². The first-order chi connectivity index (χ1) is 8.11. The van der Waals surface area contributed by atoms with Crippen LogP contribution in [0.15, 0.2) is 28.9 Å². The summed E-state index contributed by atoms with van der Waals surface area (Å²) in [5, 5.41) is 3.27. The Hall–Kier alpha value is -1.29. The highest BCUT2D eigenvalue weighted by Gasteiger charge is 2.07. The van der Waals surface area contributed by atoms with Crippen LogP contribution >= 0.6 is 15.9 Å². The molecular formula is C13H16BrN3. The lowest BCUT2D eigenvalue weighted by atomic mass is 10.2. The Balaban J connectivity index is 2.47. The Morgan fingerprint density at radius 2 is 2.12 bits per heavy atom. The van der Waals surface area contributed by atoms with Crippen LogP contribution in [0.5, 0.6) is 0 Å². The minimum Gasteiger partial charge on any atom is -0.356 e. The van der Waals surface area contributed by atoms with E-state index in [0.29, 0.717) is 0 Å². The second kappa shape index (κ2) is 4.92. The molecule has 0 bridgehead atoms. The summed E-state index contributed by atoms with van der Waals surface area (Å²) in [6.45, 7) is 7.02. The Labute approximate surface area is 110 Å². The monoisotopic (exact) mass is 293 g/mol. The SMILES string of the molecule is CCNc1nc(C)cn1-c1ccc(C)c(Br)c1. The normalized spacial score (nSPS) is 10.6. The minimum absolute atomic E-state index is 0.865. The van der Waals surface area contributed by atoms with E-state index in [-0.39, 0.29) is 0 Å². The molecule has 17 heavy (non-hydrogen) atoms. The molecule has 0 saturated carbocycles. The number of halogens is 1. The van der Waals surface area contributed by atoms with Gasteiger partial charge >= 0.3 is 0 Å². The second-order valence-corrected chi connectivity index (χ2v) is 4.89. The first kappa shape index (κ1) is 12.2. The van der Waals surface area contributed by atoms with Gasteiger partial charge in [0.05, 0.1) is 5.69 Å². The fourth-order valence-corrected chi connectivity index (χ4v) is 2.08. The highest BCUT2D eigenvalue weighted by atomic mass is 79.9. The lowest BCUT2D eigenvalue weighted by molar-refractivity contribution is 1.02. The molecule has 0 radical (unpaired) electrons. The van der Waals surface area contributed by atoms with E-state index < -0.39 is 0 Å². The summed E-state index contributed by atoms with van der Waals surface area (Å²) >= 11 is 3.56. The van der Waals surface area contributed by atoms with Gasteiger partial charge in [0, 0.05) is 22.9 Å². The molecule has 4 heteroatoms. The molecule has 0 spiro atoms. The van der Waals surface area contributed by atoms with Crippen molar-refractivity contribution in [1.82, 2.24) is 9.55 Å². The Morgan fingerprint density at radius 3 is 2.76 bits per heavy atom. The molecule has 1 N–H and O–H groups in total. The average molecular weight is 294 g/mol. The highest BCUT2D eigenvalue weighted by Crippen LogP contribution is 2.23. The molecule has 90 valence electrons. The van der Waals surface area contributed by atoms with Gasteiger partial charge in [-0.3, -0.25) is 4.57 Å². The van der Waals surface area contributed by atoms with Crippen LogP contribution in [-0.2, 0) is 0 Å². The highest BCUT2D eigenvalue weighted by molar-refractivity contribution is 9.10. The van der Waals surface area contributed by atoms with Crippen LogP contribution in [0.1, 0.15) is 18.2 Å². The first-order valence-corrected chi connectivity index (χ1v) is 6.47. The van der Waals surface area contributed by atoms with E-state index in [9.17, 15) is 0 Å². The van der Waals surface area contributed by atoms with Crippen molar-refractivity contribution >= 4 is 21.9 Å². The van der Waals surface area contributed by atoms with Crippen molar-refractivity contribution in [2.24, 2.45) is 0 Å². The summed E-state index contributed by atoms with van der Waals surface area (Å²) in [5.41, 5.74) is 3.35. The maximum absolute atomic E-state index is 4.47. The van der Waals surface area contributed by atoms with Crippen LogP contribution in [-0.4, -0.2) is 16.1 Å². The fraction of sp³-hybridized carbons (Fsp3) is 0.308. The molecule has 0 aliphatic carbocycles. The summed E-state index contributed by atoms with van der Waals surface area (Å²) in [5.74, 6) is 0.890. The number of imidazole rings is 1. The third-order valence-electron chi connectivity index (χ3n) is 2.59. The molecule has 0 atom stereocenters. The smallest absolute Gasteiger partial charge is 0.207 e. The van der Waals surface area contributed by atoms with Gasteiger partial charge in [0.25, 0.3) is 0 Å². The van der Waals surface area contributed by atoms with Crippen molar-refractivity contribution < 1.29 is 0 Å². The van der Waals surface area contributed by atoms with Crippen molar-refractivity contribution in [3.63, 3.8) is 0 Å². The topological polar surface area (TPSA) is 29.9 Å². The minimum atomic E-state index is 0.865. The molecular weight excluding hydrogens is 278 g/mol. The lowest BCUT2D eigenvalue weighted by Crippen LogP contribution is -2.04. The number of rotatable bonds is 3. The zero-order chi connectivity index (χ0) is 12.4. The van der Waals surface area contributed by atoms with Gasteiger partial charge in [-0.05, 0) is 38.5 Å². The number of aromatic nitrogens is 2. The molecule has 0 amide bonds. The quantitative estimate of drug-likeness (QED) is 0.935. The van der Waals surface area contributed by atoms with Gasteiger partial charge in [0.2, 0.25) is 5.95 Å². The summed E-state index contributed by atoms with van der Waals surface area (Å²) in [6, 6.07) is 6.31. The molecule has 0 saturated heterocycles. The first-order valence-electron chi connectivity index (χ1n) is 5.68. The van der Waals surface area contributed by atoms with Gasteiger partial charge in [-0.2, -0.15) is 0 Å². The molecule has 0 fully saturated rings. The maximum atomic E-state index is 4.47. The van der Waals surface area contributed by atoms with Crippen LogP contribution in [0.3, 0.4) is 0 Å². The van der Waals surface area contributed by atoms with Gasteiger partial charge in [0.15, 0.2) is 0 Å². The second-order valence-electron chi connectivity index (χ2n) is 4.04. The van der Waals surface area contributed by atoms with E-state index in [2.05, 4.69) is 62.8 Å². The van der Waals surface area contributed by atoms with Crippen molar-refractivity contribution in [2.75, 3.05) is 11.9 Å². The number of hydrogen-bond acceptors (Lipinski definition) is 2. The number of anilines is 1. The van der Waals surface area contributed by atoms with E-state index in [1.165, 1.54) is 5.56 Å². The summed E-state index contributed by atoms with van der Waals surface area (Å²) < 4.78 is 3.19. The lowest BCUT2D eigenvalue weighted by Gasteiger charge is -2.09.